The van der Waals surface area contributed by atoms with E-state index in [4.69, 9.17) is 16.3 Å². The van der Waals surface area contributed by atoms with E-state index in [2.05, 4.69) is 27.3 Å². The highest BCUT2D eigenvalue weighted by molar-refractivity contribution is 9.10. The Kier molecular flexibility index (Phi) is 5.32. The first-order chi connectivity index (χ1) is 9.56. The van der Waals surface area contributed by atoms with Gasteiger partial charge in [-0.3, -0.25) is 0 Å². The molecule has 0 amide bonds. The Bertz CT molecular complexity index is 586. The molecule has 0 saturated heterocycles. The van der Waals surface area contributed by atoms with E-state index in [0.29, 0.717) is 11.6 Å². The Morgan fingerprint density at radius 2 is 1.95 bits per heavy atom. The maximum absolute atomic E-state index is 6.20. The summed E-state index contributed by atoms with van der Waals surface area (Å²) in [6, 6.07) is 13.8. The number of nitrogens with one attached hydrogen (secondary N) is 1. The number of hydrogen-bond acceptors (Lipinski definition) is 2. The predicted molar refractivity (Wildman–Crippen MR) is 88.7 cm³/mol. The van der Waals surface area contributed by atoms with Crippen molar-refractivity contribution in [3.05, 3.63) is 57.5 Å². The summed E-state index contributed by atoms with van der Waals surface area (Å²) in [5, 5.41) is 4.03. The summed E-state index contributed by atoms with van der Waals surface area (Å²) >= 11 is 9.59. The molecule has 0 aliphatic carbocycles. The third-order valence-corrected chi connectivity index (χ3v) is 3.54. The van der Waals surface area contributed by atoms with Crippen molar-refractivity contribution in [1.82, 2.24) is 0 Å². The molecule has 0 unspecified atom stereocenters. The van der Waals surface area contributed by atoms with E-state index < -0.39 is 0 Å². The first kappa shape index (κ1) is 15.2. The molecule has 0 spiro atoms. The molecule has 20 heavy (non-hydrogen) atoms. The molecular weight excluding hydrogens is 338 g/mol. The van der Waals surface area contributed by atoms with Gasteiger partial charge in [-0.05, 0) is 38.1 Å². The smallest absolute Gasteiger partial charge is 0.124 e. The van der Waals surface area contributed by atoms with Gasteiger partial charge in [-0.25, -0.2) is 0 Å². The van der Waals surface area contributed by atoms with Gasteiger partial charge in [-0.1, -0.05) is 45.7 Å². The minimum atomic E-state index is 0.160. The molecule has 0 bridgehead atoms. The number of benzene rings is 2. The van der Waals surface area contributed by atoms with Crippen molar-refractivity contribution in [2.45, 2.75) is 26.5 Å². The second-order valence-electron chi connectivity index (χ2n) is 4.75. The zero-order valence-corrected chi connectivity index (χ0v) is 13.8. The summed E-state index contributed by atoms with van der Waals surface area (Å²) < 4.78 is 6.77. The summed E-state index contributed by atoms with van der Waals surface area (Å²) in [5.74, 6) is 0.906. The number of anilines is 1. The molecule has 0 aliphatic heterocycles. The van der Waals surface area contributed by atoms with E-state index >= 15 is 0 Å². The van der Waals surface area contributed by atoms with Crippen molar-refractivity contribution in [1.29, 1.82) is 0 Å². The normalized spacial score (nSPS) is 10.7. The monoisotopic (exact) mass is 353 g/mol. The molecule has 0 heterocycles. The van der Waals surface area contributed by atoms with Gasteiger partial charge < -0.3 is 10.1 Å². The quantitative estimate of drug-likeness (QED) is 0.765. The molecule has 0 aliphatic rings. The van der Waals surface area contributed by atoms with Crippen LogP contribution in [-0.2, 0) is 6.54 Å². The lowest BCUT2D eigenvalue weighted by Gasteiger charge is -2.15. The number of ether oxygens (including phenoxy) is 1. The third-order valence-electron chi connectivity index (χ3n) is 2.74. The Morgan fingerprint density at radius 1 is 1.20 bits per heavy atom. The average molecular weight is 355 g/mol. The number of hydrogen-bond donors (Lipinski definition) is 1. The highest BCUT2D eigenvalue weighted by Gasteiger charge is 2.06. The fourth-order valence-corrected chi connectivity index (χ4v) is 2.58. The molecule has 0 aromatic heterocycles. The van der Waals surface area contributed by atoms with Gasteiger partial charge in [0, 0.05) is 16.6 Å². The second kappa shape index (κ2) is 7.00. The molecule has 0 atom stereocenters. The Balaban J connectivity index is 2.10. The average Bonchev–Trinajstić information content (AvgIpc) is 2.39. The van der Waals surface area contributed by atoms with Crippen LogP contribution in [0.4, 0.5) is 5.69 Å². The van der Waals surface area contributed by atoms with E-state index in [1.807, 2.05) is 50.2 Å². The number of para-hydroxylation sites is 1. The molecule has 106 valence electrons. The SMILES string of the molecule is CC(C)Oc1ccccc1CNc1ccc(Br)cc1Cl. The molecule has 0 fully saturated rings. The highest BCUT2D eigenvalue weighted by atomic mass is 79.9. The van der Waals surface area contributed by atoms with Crippen molar-refractivity contribution >= 4 is 33.2 Å². The fraction of sp³-hybridized carbons (Fsp3) is 0.250. The number of rotatable bonds is 5. The summed E-state index contributed by atoms with van der Waals surface area (Å²) in [4.78, 5) is 0. The van der Waals surface area contributed by atoms with Gasteiger partial charge in [-0.15, -0.1) is 0 Å². The predicted octanol–water partition coefficient (Wildman–Crippen LogP) is 5.50. The van der Waals surface area contributed by atoms with Crippen LogP contribution in [0.1, 0.15) is 19.4 Å². The maximum Gasteiger partial charge on any atom is 0.124 e. The minimum absolute atomic E-state index is 0.160. The fourth-order valence-electron chi connectivity index (χ4n) is 1.84. The van der Waals surface area contributed by atoms with Crippen LogP contribution in [-0.4, -0.2) is 6.10 Å². The van der Waals surface area contributed by atoms with Crippen LogP contribution < -0.4 is 10.1 Å². The second-order valence-corrected chi connectivity index (χ2v) is 6.07. The van der Waals surface area contributed by atoms with Crippen LogP contribution in [0.2, 0.25) is 5.02 Å². The zero-order valence-electron chi connectivity index (χ0n) is 11.5. The molecule has 2 nitrogen and oxygen atoms in total. The third kappa shape index (κ3) is 4.15. The molecule has 2 aromatic rings. The first-order valence-electron chi connectivity index (χ1n) is 6.49. The van der Waals surface area contributed by atoms with Gasteiger partial charge >= 0.3 is 0 Å². The molecule has 1 N–H and O–H groups in total. The van der Waals surface area contributed by atoms with Crippen molar-refractivity contribution in [3.8, 4) is 5.75 Å². The first-order valence-corrected chi connectivity index (χ1v) is 7.67. The molecule has 0 radical (unpaired) electrons. The summed E-state index contributed by atoms with van der Waals surface area (Å²) in [5.41, 5.74) is 2.02. The van der Waals surface area contributed by atoms with E-state index in [1.54, 1.807) is 0 Å². The van der Waals surface area contributed by atoms with E-state index in [-0.39, 0.29) is 6.10 Å². The lowest BCUT2D eigenvalue weighted by Crippen LogP contribution is -2.09. The highest BCUT2D eigenvalue weighted by Crippen LogP contribution is 2.27. The van der Waals surface area contributed by atoms with Gasteiger partial charge in [0.2, 0.25) is 0 Å². The van der Waals surface area contributed by atoms with Crippen LogP contribution >= 0.6 is 27.5 Å². The van der Waals surface area contributed by atoms with E-state index in [9.17, 15) is 0 Å². The summed E-state index contributed by atoms with van der Waals surface area (Å²) in [7, 11) is 0. The Labute approximate surface area is 133 Å². The van der Waals surface area contributed by atoms with Gasteiger partial charge in [0.05, 0.1) is 16.8 Å². The van der Waals surface area contributed by atoms with E-state index in [0.717, 1.165) is 21.5 Å². The van der Waals surface area contributed by atoms with Crippen molar-refractivity contribution in [3.63, 3.8) is 0 Å². The summed E-state index contributed by atoms with van der Waals surface area (Å²) in [6.07, 6.45) is 0.160. The van der Waals surface area contributed by atoms with Crippen LogP contribution in [0.25, 0.3) is 0 Å². The standard InChI is InChI=1S/C16H17BrClNO/c1-11(2)20-16-6-4-3-5-12(16)10-19-15-8-7-13(17)9-14(15)18/h3-9,11,19H,10H2,1-2H3. The van der Waals surface area contributed by atoms with Crippen molar-refractivity contribution in [2.75, 3.05) is 5.32 Å². The topological polar surface area (TPSA) is 21.3 Å². The number of halogens is 2. The lowest BCUT2D eigenvalue weighted by atomic mass is 10.2. The zero-order chi connectivity index (χ0) is 14.5. The largest absolute Gasteiger partial charge is 0.491 e. The van der Waals surface area contributed by atoms with Crippen molar-refractivity contribution < 1.29 is 4.74 Å². The van der Waals surface area contributed by atoms with Gasteiger partial charge in [0.25, 0.3) is 0 Å². The Hall–Kier alpha value is -1.19. The van der Waals surface area contributed by atoms with Crippen LogP contribution in [0.5, 0.6) is 5.75 Å². The molecule has 4 heteroatoms. The van der Waals surface area contributed by atoms with Crippen LogP contribution in [0, 0.1) is 0 Å². The molecule has 0 saturated carbocycles. The van der Waals surface area contributed by atoms with Gasteiger partial charge in [0.1, 0.15) is 5.75 Å². The molecular formula is C16H17BrClNO. The molecule has 2 rings (SSSR count). The summed E-state index contributed by atoms with van der Waals surface area (Å²) in [6.45, 7) is 4.72. The maximum atomic E-state index is 6.20. The van der Waals surface area contributed by atoms with Crippen molar-refractivity contribution in [2.24, 2.45) is 0 Å². The van der Waals surface area contributed by atoms with Gasteiger partial charge in [0.15, 0.2) is 0 Å². The molecule has 2 aromatic carbocycles. The Morgan fingerprint density at radius 3 is 2.65 bits per heavy atom. The lowest BCUT2D eigenvalue weighted by molar-refractivity contribution is 0.240. The van der Waals surface area contributed by atoms with Crippen LogP contribution in [0.15, 0.2) is 46.9 Å². The van der Waals surface area contributed by atoms with Gasteiger partial charge in [-0.2, -0.15) is 0 Å². The minimum Gasteiger partial charge on any atom is -0.491 e. The van der Waals surface area contributed by atoms with E-state index in [1.165, 1.54) is 0 Å². The van der Waals surface area contributed by atoms with Crippen LogP contribution in [0.3, 0.4) is 0 Å².